The molecule has 1 atom stereocenters. The van der Waals surface area contributed by atoms with Gasteiger partial charge in [0.15, 0.2) is 17.6 Å². The second-order valence-electron chi connectivity index (χ2n) is 9.61. The Bertz CT molecular complexity index is 1490. The zero-order valence-electron chi connectivity index (χ0n) is 20.8. The number of nitrogens with zero attached hydrogens (tertiary/aromatic N) is 6. The number of alkyl halides is 1. The molecule has 0 radical (unpaired) electrons. The molecule has 12 heteroatoms. The number of aliphatic carboxylic acids is 1. The maximum Gasteiger partial charge on any atom is 0.338 e. The van der Waals surface area contributed by atoms with Gasteiger partial charge in [0.2, 0.25) is 0 Å². The van der Waals surface area contributed by atoms with Gasteiger partial charge in [-0.1, -0.05) is 6.07 Å². The molecule has 1 fully saturated rings. The van der Waals surface area contributed by atoms with Crippen LogP contribution in [0.2, 0.25) is 0 Å². The summed E-state index contributed by atoms with van der Waals surface area (Å²) in [6, 6.07) is 3.74. The van der Waals surface area contributed by atoms with Crippen LogP contribution in [0.1, 0.15) is 54.6 Å². The Morgan fingerprint density at radius 2 is 1.89 bits per heavy atom. The van der Waals surface area contributed by atoms with Crippen LogP contribution in [-0.2, 0) is 11.3 Å². The van der Waals surface area contributed by atoms with Crippen LogP contribution in [-0.4, -0.2) is 64.1 Å². The highest BCUT2D eigenvalue weighted by Gasteiger charge is 2.35. The molecule has 0 unspecified atom stereocenters. The van der Waals surface area contributed by atoms with Crippen molar-refractivity contribution in [3.8, 4) is 22.4 Å². The molecule has 1 aliphatic carbocycles. The van der Waals surface area contributed by atoms with E-state index in [2.05, 4.69) is 15.2 Å². The van der Waals surface area contributed by atoms with Gasteiger partial charge in [-0.3, -0.25) is 14.5 Å². The lowest BCUT2D eigenvalue weighted by atomic mass is 9.77. The number of ketones is 1. The fraction of sp³-hybridized carbons (Fsp3) is 0.385. The average molecular weight is 522 g/mol. The van der Waals surface area contributed by atoms with Crippen molar-refractivity contribution >= 4 is 23.2 Å². The fourth-order valence-corrected chi connectivity index (χ4v) is 5.22. The minimum atomic E-state index is -1.90. The minimum absolute atomic E-state index is 0.00811. The summed E-state index contributed by atoms with van der Waals surface area (Å²) in [5, 5.41) is 26.7. The summed E-state index contributed by atoms with van der Waals surface area (Å²) in [7, 11) is 0. The van der Waals surface area contributed by atoms with Crippen LogP contribution in [0.5, 0.6) is 0 Å². The number of halogens is 1. The third-order valence-corrected chi connectivity index (χ3v) is 7.20. The van der Waals surface area contributed by atoms with Gasteiger partial charge in [0, 0.05) is 40.9 Å². The molecular formula is C26H28FN7O4. The van der Waals surface area contributed by atoms with Crippen molar-refractivity contribution < 1.29 is 24.2 Å². The van der Waals surface area contributed by atoms with Crippen LogP contribution in [0, 0.1) is 5.92 Å². The summed E-state index contributed by atoms with van der Waals surface area (Å²) in [6.07, 6.45) is 6.69. The number of aliphatic hydroxyl groups excluding tert-OH is 1. The molecule has 4 heterocycles. The Morgan fingerprint density at radius 3 is 2.53 bits per heavy atom. The first-order valence-corrected chi connectivity index (χ1v) is 12.4. The Labute approximate surface area is 217 Å². The summed E-state index contributed by atoms with van der Waals surface area (Å²) in [4.78, 5) is 33.1. The van der Waals surface area contributed by atoms with E-state index in [0.29, 0.717) is 60.4 Å². The molecule has 4 N–H and O–H groups in total. The maximum atomic E-state index is 14.1. The van der Waals surface area contributed by atoms with E-state index >= 15 is 0 Å². The number of carbonyl (C=O) groups excluding carboxylic acids is 1. The van der Waals surface area contributed by atoms with Gasteiger partial charge in [0.05, 0.1) is 42.5 Å². The smallest absolute Gasteiger partial charge is 0.338 e. The third kappa shape index (κ3) is 4.62. The Morgan fingerprint density at radius 1 is 1.13 bits per heavy atom. The second kappa shape index (κ2) is 10.3. The molecule has 4 aromatic heterocycles. The molecule has 198 valence electrons. The quantitative estimate of drug-likeness (QED) is 0.296. The highest BCUT2D eigenvalue weighted by Crippen LogP contribution is 2.40. The molecule has 11 nitrogen and oxygen atoms in total. The molecular weight excluding hydrogens is 493 g/mol. The van der Waals surface area contributed by atoms with Crippen LogP contribution in [0.25, 0.3) is 28.0 Å². The van der Waals surface area contributed by atoms with E-state index in [4.69, 9.17) is 20.9 Å². The molecule has 0 aliphatic heterocycles. The number of anilines is 1. The summed E-state index contributed by atoms with van der Waals surface area (Å²) in [6.45, 7) is 1.81. The van der Waals surface area contributed by atoms with E-state index in [1.807, 2.05) is 18.3 Å². The number of carbonyl (C=O) groups is 2. The Hall–Kier alpha value is -4.19. The van der Waals surface area contributed by atoms with Gasteiger partial charge in [0.25, 0.3) is 0 Å². The molecule has 5 rings (SSSR count). The largest absolute Gasteiger partial charge is 0.479 e. The molecule has 1 aliphatic rings. The highest BCUT2D eigenvalue weighted by atomic mass is 19.1. The first-order chi connectivity index (χ1) is 18.3. The molecule has 38 heavy (non-hydrogen) atoms. The van der Waals surface area contributed by atoms with Crippen LogP contribution in [0.3, 0.4) is 0 Å². The summed E-state index contributed by atoms with van der Waals surface area (Å²) in [5.41, 5.74) is 10.7. The molecule has 0 spiro atoms. The Balaban J connectivity index is 1.49. The number of aliphatic hydroxyl groups is 1. The van der Waals surface area contributed by atoms with Gasteiger partial charge >= 0.3 is 5.97 Å². The van der Waals surface area contributed by atoms with Crippen molar-refractivity contribution in [1.29, 1.82) is 0 Å². The van der Waals surface area contributed by atoms with E-state index in [1.54, 1.807) is 23.3 Å². The Kier molecular flexibility index (Phi) is 6.89. The zero-order valence-corrected chi connectivity index (χ0v) is 20.8. The summed E-state index contributed by atoms with van der Waals surface area (Å²) >= 11 is 0. The van der Waals surface area contributed by atoms with Crippen molar-refractivity contribution in [2.24, 2.45) is 5.92 Å². The van der Waals surface area contributed by atoms with Crippen LogP contribution < -0.4 is 5.73 Å². The van der Waals surface area contributed by atoms with Gasteiger partial charge in [0.1, 0.15) is 5.82 Å². The number of carboxylic acids is 1. The van der Waals surface area contributed by atoms with Gasteiger partial charge in [-0.05, 0) is 38.7 Å². The predicted molar refractivity (Wildman–Crippen MR) is 136 cm³/mol. The molecule has 0 saturated heterocycles. The third-order valence-electron chi connectivity index (χ3n) is 7.20. The number of nitrogen functional groups attached to an aromatic ring is 1. The SMILES string of the molecule is CC(=O)c1c(N)n2ncc(-c3ccc(-c4cnn(CCO)c4)nc3)c2nc1[C@H]1CC[C@H]([C@H](F)C(=O)O)CC1. The van der Waals surface area contributed by atoms with E-state index in [1.165, 1.54) is 11.4 Å². The molecule has 0 amide bonds. The van der Waals surface area contributed by atoms with Gasteiger partial charge in [-0.15, -0.1) is 0 Å². The topological polar surface area (TPSA) is 162 Å². The minimum Gasteiger partial charge on any atom is -0.479 e. The number of rotatable bonds is 8. The number of hydrogen-bond donors (Lipinski definition) is 3. The summed E-state index contributed by atoms with van der Waals surface area (Å²) in [5.74, 6) is -2.22. The number of nitrogens with two attached hydrogens (primary N) is 1. The monoisotopic (exact) mass is 521 g/mol. The number of pyridine rings is 1. The van der Waals surface area contributed by atoms with Crippen molar-refractivity contribution in [1.82, 2.24) is 29.4 Å². The molecule has 4 aromatic rings. The number of Topliss-reactive ketones (excluding diaryl/α,β-unsaturated/α-hetero) is 1. The van der Waals surface area contributed by atoms with E-state index in [9.17, 15) is 14.0 Å². The van der Waals surface area contributed by atoms with Gasteiger partial charge in [-0.25, -0.2) is 14.2 Å². The lowest BCUT2D eigenvalue weighted by Gasteiger charge is -2.29. The fourth-order valence-electron chi connectivity index (χ4n) is 5.22. The number of fused-ring (bicyclic) bond motifs is 1. The van der Waals surface area contributed by atoms with E-state index in [0.717, 1.165) is 11.1 Å². The van der Waals surface area contributed by atoms with Crippen molar-refractivity contribution in [3.05, 3.63) is 48.2 Å². The summed E-state index contributed by atoms with van der Waals surface area (Å²) < 4.78 is 17.1. The zero-order chi connectivity index (χ0) is 27.0. The van der Waals surface area contributed by atoms with Crippen molar-refractivity contribution in [2.75, 3.05) is 12.3 Å². The molecule has 1 saturated carbocycles. The lowest BCUT2D eigenvalue weighted by molar-refractivity contribution is -0.145. The highest BCUT2D eigenvalue weighted by molar-refractivity contribution is 6.00. The molecule has 0 bridgehead atoms. The number of hydrogen-bond acceptors (Lipinski definition) is 8. The first-order valence-electron chi connectivity index (χ1n) is 12.4. The number of carboxylic acid groups (broad SMARTS) is 1. The van der Waals surface area contributed by atoms with Crippen molar-refractivity contribution in [2.45, 2.75) is 51.2 Å². The van der Waals surface area contributed by atoms with Gasteiger partial charge < -0.3 is 15.9 Å². The lowest BCUT2D eigenvalue weighted by Crippen LogP contribution is -2.29. The molecule has 0 aromatic carbocycles. The number of aromatic nitrogens is 6. The predicted octanol–water partition coefficient (Wildman–Crippen LogP) is 3.13. The van der Waals surface area contributed by atoms with Crippen LogP contribution in [0.15, 0.2) is 36.9 Å². The average Bonchev–Trinajstić information content (AvgIpc) is 3.56. The normalized spacial score (nSPS) is 18.5. The van der Waals surface area contributed by atoms with Crippen molar-refractivity contribution in [3.63, 3.8) is 0 Å². The van der Waals surface area contributed by atoms with Crippen LogP contribution in [0.4, 0.5) is 10.2 Å². The van der Waals surface area contributed by atoms with Gasteiger partial charge in [-0.2, -0.15) is 14.7 Å². The van der Waals surface area contributed by atoms with Crippen LogP contribution >= 0.6 is 0 Å². The second-order valence-corrected chi connectivity index (χ2v) is 9.61. The first kappa shape index (κ1) is 25.5. The van der Waals surface area contributed by atoms with E-state index in [-0.39, 0.29) is 24.1 Å². The standard InChI is InChI=1S/C26H28FN7O4/c1-14(36)21-23(16-4-2-15(3-5-16)22(27)26(37)38)32-25-19(12-31-34(25)24(21)28)17-6-7-20(29-10-17)18-11-30-33(13-18)8-9-35/h6-7,10-13,15-16,22,35H,2-5,8-9,28H2,1H3,(H,37,38)/t15-,16-,22-/m0/s1. The maximum absolute atomic E-state index is 14.1. The van der Waals surface area contributed by atoms with E-state index < -0.39 is 18.1 Å².